The van der Waals surface area contributed by atoms with E-state index in [1.165, 1.54) is 23.4 Å². The summed E-state index contributed by atoms with van der Waals surface area (Å²) in [7, 11) is 1.53. The Balaban J connectivity index is 1.62. The number of fused-ring (bicyclic) bond motifs is 1. The number of aryl methyl sites for hydroxylation is 1. The van der Waals surface area contributed by atoms with E-state index in [1.54, 1.807) is 24.3 Å². The first-order chi connectivity index (χ1) is 15.0. The molecule has 31 heavy (non-hydrogen) atoms. The molecule has 3 aromatic rings. The van der Waals surface area contributed by atoms with E-state index in [4.69, 9.17) is 4.74 Å². The van der Waals surface area contributed by atoms with Crippen LogP contribution in [0.25, 0.3) is 5.69 Å². The van der Waals surface area contributed by atoms with E-state index in [0.717, 1.165) is 29.6 Å². The number of methoxy groups -OCH3 is 1. The van der Waals surface area contributed by atoms with E-state index in [-0.39, 0.29) is 17.0 Å². The summed E-state index contributed by atoms with van der Waals surface area (Å²) in [5.41, 5.74) is 0.963. The van der Waals surface area contributed by atoms with E-state index in [0.29, 0.717) is 39.7 Å². The number of hydrogen-bond donors (Lipinski definition) is 1. The zero-order valence-electron chi connectivity index (χ0n) is 16.4. The summed E-state index contributed by atoms with van der Waals surface area (Å²) in [6.07, 6.45) is 0.675. The highest BCUT2D eigenvalue weighted by atomic mass is 32.2. The van der Waals surface area contributed by atoms with Crippen molar-refractivity contribution in [1.29, 1.82) is 0 Å². The topological polar surface area (TPSA) is 73.2 Å². The van der Waals surface area contributed by atoms with Gasteiger partial charge in [0.1, 0.15) is 17.4 Å². The largest absolute Gasteiger partial charge is 0.497 e. The molecule has 0 radical (unpaired) electrons. The van der Waals surface area contributed by atoms with Gasteiger partial charge in [-0.1, -0.05) is 17.8 Å². The van der Waals surface area contributed by atoms with Crippen LogP contribution in [0.5, 0.6) is 5.75 Å². The minimum atomic E-state index is -0.862. The number of carbonyl (C=O) groups is 1. The highest BCUT2D eigenvalue weighted by molar-refractivity contribution is 8.00. The van der Waals surface area contributed by atoms with Crippen LogP contribution >= 0.6 is 23.5 Å². The Labute approximate surface area is 185 Å². The van der Waals surface area contributed by atoms with Crippen molar-refractivity contribution in [1.82, 2.24) is 9.55 Å². The number of ether oxygens (including phenoxy) is 1. The number of benzene rings is 2. The quantitative estimate of drug-likeness (QED) is 0.444. The van der Waals surface area contributed by atoms with Crippen LogP contribution in [0.15, 0.2) is 57.3 Å². The van der Waals surface area contributed by atoms with Gasteiger partial charge >= 0.3 is 0 Å². The van der Waals surface area contributed by atoms with Crippen molar-refractivity contribution in [3.63, 3.8) is 0 Å². The summed E-state index contributed by atoms with van der Waals surface area (Å²) in [6.45, 7) is 0. The number of nitrogens with one attached hydrogen (secondary N) is 1. The number of thioether (sulfide) groups is 2. The number of hydrogen-bond acceptors (Lipinski definition) is 6. The third-order valence-electron chi connectivity index (χ3n) is 4.52. The number of aromatic nitrogens is 2. The van der Waals surface area contributed by atoms with E-state index < -0.39 is 17.5 Å². The summed E-state index contributed by atoms with van der Waals surface area (Å²) >= 11 is 2.53. The minimum absolute atomic E-state index is 0.112. The molecule has 0 atom stereocenters. The fourth-order valence-electron chi connectivity index (χ4n) is 3.07. The lowest BCUT2D eigenvalue weighted by Crippen LogP contribution is -2.24. The molecule has 0 spiro atoms. The fraction of sp³-hybridized carbons (Fsp3) is 0.190. The summed E-state index contributed by atoms with van der Waals surface area (Å²) < 4.78 is 33.6. The van der Waals surface area contributed by atoms with Gasteiger partial charge in [-0.2, -0.15) is 0 Å². The average molecular weight is 462 g/mol. The molecule has 0 unspecified atom stereocenters. The molecule has 4 rings (SSSR count). The Hall–Kier alpha value is -2.85. The second kappa shape index (κ2) is 9.11. The van der Waals surface area contributed by atoms with Crippen molar-refractivity contribution in [2.45, 2.75) is 16.5 Å². The predicted molar refractivity (Wildman–Crippen MR) is 117 cm³/mol. The smallest absolute Gasteiger partial charge is 0.272 e. The summed E-state index contributed by atoms with van der Waals surface area (Å²) in [4.78, 5) is 30.7. The molecule has 1 amide bonds. The molecular formula is C21H17F2N3O3S2. The van der Waals surface area contributed by atoms with Crippen molar-refractivity contribution in [3.8, 4) is 11.4 Å². The normalized spacial score (nSPS) is 12.5. The third kappa shape index (κ3) is 4.59. The molecule has 0 saturated heterocycles. The number of nitrogens with zero attached hydrogens (tertiary/aromatic N) is 2. The standard InChI is InChI=1S/C21H17F2N3O3S2/c1-29-14-4-2-3-13(10-14)26-20(28)19-17(7-8-30-19)25-21(26)31-11-18(27)24-16-6-5-12(22)9-15(16)23/h2-6,9-10H,7-8,11H2,1H3,(H,24,27). The van der Waals surface area contributed by atoms with Crippen LogP contribution in [0.2, 0.25) is 0 Å². The van der Waals surface area contributed by atoms with Gasteiger partial charge in [-0.25, -0.2) is 13.8 Å². The van der Waals surface area contributed by atoms with Crippen molar-refractivity contribution >= 4 is 35.1 Å². The van der Waals surface area contributed by atoms with Gasteiger partial charge in [-0.3, -0.25) is 14.2 Å². The maximum atomic E-state index is 13.8. The summed E-state index contributed by atoms with van der Waals surface area (Å²) in [6, 6.07) is 9.92. The van der Waals surface area contributed by atoms with Crippen molar-refractivity contribution in [3.05, 3.63) is 70.1 Å². The van der Waals surface area contributed by atoms with Gasteiger partial charge in [-0.15, -0.1) is 11.8 Å². The molecule has 0 saturated carbocycles. The van der Waals surface area contributed by atoms with Gasteiger partial charge in [0.15, 0.2) is 5.16 Å². The van der Waals surface area contributed by atoms with Crippen LogP contribution in [0.4, 0.5) is 14.5 Å². The number of anilines is 1. The lowest BCUT2D eigenvalue weighted by Gasteiger charge is -2.14. The van der Waals surface area contributed by atoms with Crippen LogP contribution in [0.1, 0.15) is 5.69 Å². The molecule has 1 aliphatic rings. The molecule has 2 aromatic carbocycles. The Morgan fingerprint density at radius 1 is 1.29 bits per heavy atom. The Bertz CT molecular complexity index is 1220. The minimum Gasteiger partial charge on any atom is -0.497 e. The van der Waals surface area contributed by atoms with Crippen LogP contribution in [0, 0.1) is 11.6 Å². The lowest BCUT2D eigenvalue weighted by atomic mass is 10.3. The van der Waals surface area contributed by atoms with E-state index >= 15 is 0 Å². The third-order valence-corrected chi connectivity index (χ3v) is 6.56. The monoisotopic (exact) mass is 461 g/mol. The molecule has 10 heteroatoms. The maximum absolute atomic E-state index is 13.8. The van der Waals surface area contributed by atoms with E-state index in [2.05, 4.69) is 10.3 Å². The second-order valence-corrected chi connectivity index (χ2v) is 8.62. The number of carbonyl (C=O) groups excluding carboxylic acids is 1. The van der Waals surface area contributed by atoms with Crippen molar-refractivity contribution < 1.29 is 18.3 Å². The lowest BCUT2D eigenvalue weighted by molar-refractivity contribution is -0.113. The first-order valence-corrected chi connectivity index (χ1v) is 11.2. The molecule has 1 aromatic heterocycles. The maximum Gasteiger partial charge on any atom is 0.272 e. The van der Waals surface area contributed by atoms with Gasteiger partial charge in [0.25, 0.3) is 5.56 Å². The first-order valence-electron chi connectivity index (χ1n) is 9.27. The zero-order chi connectivity index (χ0) is 22.0. The Morgan fingerprint density at radius 3 is 2.90 bits per heavy atom. The fourth-order valence-corrected chi connectivity index (χ4v) is 4.93. The van der Waals surface area contributed by atoms with E-state index in [9.17, 15) is 18.4 Å². The molecule has 0 bridgehead atoms. The average Bonchev–Trinajstić information content (AvgIpc) is 3.23. The van der Waals surface area contributed by atoms with Gasteiger partial charge < -0.3 is 10.1 Å². The molecule has 6 nitrogen and oxygen atoms in total. The predicted octanol–water partition coefficient (Wildman–Crippen LogP) is 3.90. The van der Waals surface area contributed by atoms with Crippen LogP contribution < -0.4 is 15.6 Å². The highest BCUT2D eigenvalue weighted by Gasteiger charge is 2.23. The number of halogens is 2. The number of rotatable bonds is 6. The van der Waals surface area contributed by atoms with Gasteiger partial charge in [-0.05, 0) is 24.3 Å². The van der Waals surface area contributed by atoms with Crippen LogP contribution in [-0.4, -0.2) is 34.1 Å². The van der Waals surface area contributed by atoms with E-state index in [1.807, 2.05) is 0 Å². The summed E-state index contributed by atoms with van der Waals surface area (Å²) in [5, 5.41) is 2.77. The molecule has 1 aliphatic heterocycles. The van der Waals surface area contributed by atoms with Crippen LogP contribution in [-0.2, 0) is 11.2 Å². The van der Waals surface area contributed by atoms with Gasteiger partial charge in [0, 0.05) is 24.3 Å². The molecule has 0 aliphatic carbocycles. The van der Waals surface area contributed by atoms with Crippen molar-refractivity contribution in [2.24, 2.45) is 0 Å². The van der Waals surface area contributed by atoms with Gasteiger partial charge in [0.05, 0.1) is 34.8 Å². The molecule has 1 N–H and O–H groups in total. The SMILES string of the molecule is COc1cccc(-n2c(SCC(=O)Nc3ccc(F)cc3F)nc3c(c2=O)SCC3)c1. The molecule has 160 valence electrons. The molecule has 0 fully saturated rings. The number of amides is 1. The van der Waals surface area contributed by atoms with Crippen molar-refractivity contribution in [2.75, 3.05) is 23.9 Å². The van der Waals surface area contributed by atoms with Gasteiger partial charge in [0.2, 0.25) is 5.91 Å². The van der Waals surface area contributed by atoms with Crippen LogP contribution in [0.3, 0.4) is 0 Å². The second-order valence-electron chi connectivity index (χ2n) is 6.57. The molecule has 2 heterocycles. The molecular weight excluding hydrogens is 444 g/mol. The highest BCUT2D eigenvalue weighted by Crippen LogP contribution is 2.30. The summed E-state index contributed by atoms with van der Waals surface area (Å²) in [5.74, 6) is -0.852. The first kappa shape index (κ1) is 21.4. The Morgan fingerprint density at radius 2 is 2.13 bits per heavy atom. The Kier molecular flexibility index (Phi) is 6.28. The zero-order valence-corrected chi connectivity index (χ0v) is 18.0.